The van der Waals surface area contributed by atoms with Crippen LogP contribution in [0.3, 0.4) is 0 Å². The SMILES string of the molecule is C#CCCO/C(=C/COC)C1CC1. The predicted octanol–water partition coefficient (Wildman–Crippen LogP) is 1.97. The van der Waals surface area contributed by atoms with Crippen molar-refractivity contribution in [3.8, 4) is 12.3 Å². The Balaban J connectivity index is 2.26. The summed E-state index contributed by atoms with van der Waals surface area (Å²) >= 11 is 0. The van der Waals surface area contributed by atoms with Crippen LogP contribution in [0.5, 0.6) is 0 Å². The maximum Gasteiger partial charge on any atom is 0.0986 e. The van der Waals surface area contributed by atoms with Crippen molar-refractivity contribution in [2.24, 2.45) is 5.92 Å². The average Bonchev–Trinajstić information content (AvgIpc) is 2.94. The van der Waals surface area contributed by atoms with Gasteiger partial charge < -0.3 is 9.47 Å². The standard InChI is InChI=1S/C11H16O2/c1-3-4-8-13-11(7-9-12-2)10-5-6-10/h1,7,10H,4-6,8-9H2,2H3/b11-7+. The topological polar surface area (TPSA) is 18.5 Å². The first-order valence-corrected chi connectivity index (χ1v) is 4.63. The van der Waals surface area contributed by atoms with Crippen LogP contribution in [0.4, 0.5) is 0 Å². The summed E-state index contributed by atoms with van der Waals surface area (Å²) in [6, 6.07) is 0. The molecule has 2 nitrogen and oxygen atoms in total. The zero-order valence-corrected chi connectivity index (χ0v) is 8.08. The van der Waals surface area contributed by atoms with Crippen molar-refractivity contribution >= 4 is 0 Å². The molecule has 0 unspecified atom stereocenters. The highest BCUT2D eigenvalue weighted by Crippen LogP contribution is 2.36. The van der Waals surface area contributed by atoms with Gasteiger partial charge in [-0.25, -0.2) is 0 Å². The maximum atomic E-state index is 5.55. The van der Waals surface area contributed by atoms with Crippen molar-refractivity contribution in [3.63, 3.8) is 0 Å². The summed E-state index contributed by atoms with van der Waals surface area (Å²) in [4.78, 5) is 0. The van der Waals surface area contributed by atoms with Crippen LogP contribution in [-0.2, 0) is 9.47 Å². The molecule has 13 heavy (non-hydrogen) atoms. The van der Waals surface area contributed by atoms with Gasteiger partial charge in [0, 0.05) is 19.4 Å². The highest BCUT2D eigenvalue weighted by atomic mass is 16.5. The molecule has 0 aliphatic heterocycles. The van der Waals surface area contributed by atoms with Gasteiger partial charge in [0.1, 0.15) is 0 Å². The molecule has 1 fully saturated rings. The third-order valence-electron chi connectivity index (χ3n) is 1.95. The first-order valence-electron chi connectivity index (χ1n) is 4.63. The van der Waals surface area contributed by atoms with Crippen molar-refractivity contribution in [2.45, 2.75) is 19.3 Å². The van der Waals surface area contributed by atoms with E-state index in [4.69, 9.17) is 15.9 Å². The van der Waals surface area contributed by atoms with Crippen LogP contribution in [0.2, 0.25) is 0 Å². The van der Waals surface area contributed by atoms with Crippen molar-refractivity contribution in [3.05, 3.63) is 11.8 Å². The van der Waals surface area contributed by atoms with Crippen LogP contribution in [0.25, 0.3) is 0 Å². The monoisotopic (exact) mass is 180 g/mol. The Morgan fingerprint density at radius 3 is 2.92 bits per heavy atom. The highest BCUT2D eigenvalue weighted by Gasteiger charge is 2.27. The molecule has 0 aromatic carbocycles. The molecule has 0 N–H and O–H groups in total. The fraction of sp³-hybridized carbons (Fsp3) is 0.636. The van der Waals surface area contributed by atoms with Crippen LogP contribution in [0.15, 0.2) is 11.8 Å². The van der Waals surface area contributed by atoms with E-state index >= 15 is 0 Å². The summed E-state index contributed by atoms with van der Waals surface area (Å²) in [6.45, 7) is 1.25. The van der Waals surface area contributed by atoms with Crippen molar-refractivity contribution in [1.82, 2.24) is 0 Å². The number of terminal acetylenes is 1. The highest BCUT2D eigenvalue weighted by molar-refractivity contribution is 5.05. The van der Waals surface area contributed by atoms with E-state index in [0.29, 0.717) is 25.6 Å². The van der Waals surface area contributed by atoms with Crippen molar-refractivity contribution in [1.29, 1.82) is 0 Å². The molecular weight excluding hydrogens is 164 g/mol. The molecule has 0 saturated heterocycles. The molecule has 1 rings (SSSR count). The molecule has 1 aliphatic carbocycles. The smallest absolute Gasteiger partial charge is 0.0986 e. The normalized spacial score (nSPS) is 16.8. The Hall–Kier alpha value is -0.940. The predicted molar refractivity (Wildman–Crippen MR) is 52.1 cm³/mol. The minimum absolute atomic E-state index is 0.627. The Morgan fingerprint density at radius 1 is 1.62 bits per heavy atom. The van der Waals surface area contributed by atoms with Gasteiger partial charge in [-0.1, -0.05) is 0 Å². The Bertz CT molecular complexity index is 209. The van der Waals surface area contributed by atoms with Crippen LogP contribution in [0.1, 0.15) is 19.3 Å². The molecule has 0 amide bonds. The van der Waals surface area contributed by atoms with E-state index < -0.39 is 0 Å². The summed E-state index contributed by atoms with van der Waals surface area (Å²) in [5.74, 6) is 4.25. The number of allylic oxidation sites excluding steroid dienone is 1. The Morgan fingerprint density at radius 2 is 2.38 bits per heavy atom. The average molecular weight is 180 g/mol. The van der Waals surface area contributed by atoms with Gasteiger partial charge in [-0.15, -0.1) is 12.3 Å². The molecule has 0 heterocycles. The zero-order valence-electron chi connectivity index (χ0n) is 8.08. The largest absolute Gasteiger partial charge is 0.497 e. The van der Waals surface area contributed by atoms with Crippen LogP contribution in [-0.4, -0.2) is 20.3 Å². The van der Waals surface area contributed by atoms with Crippen LogP contribution >= 0.6 is 0 Å². The summed E-state index contributed by atoms with van der Waals surface area (Å²) in [5.41, 5.74) is 0. The quantitative estimate of drug-likeness (QED) is 0.353. The van der Waals surface area contributed by atoms with Crippen LogP contribution in [0, 0.1) is 18.3 Å². The first-order chi connectivity index (χ1) is 6.38. The summed E-state index contributed by atoms with van der Waals surface area (Å²) < 4.78 is 10.5. The minimum atomic E-state index is 0.627. The van der Waals surface area contributed by atoms with E-state index in [1.807, 2.05) is 6.08 Å². The molecule has 72 valence electrons. The van der Waals surface area contributed by atoms with E-state index in [9.17, 15) is 0 Å². The van der Waals surface area contributed by atoms with E-state index in [0.717, 1.165) is 5.76 Å². The fourth-order valence-corrected chi connectivity index (χ4v) is 1.10. The number of ether oxygens (including phenoxy) is 2. The summed E-state index contributed by atoms with van der Waals surface area (Å²) in [7, 11) is 1.68. The third kappa shape index (κ3) is 4.00. The van der Waals surface area contributed by atoms with E-state index in [-0.39, 0.29) is 0 Å². The van der Waals surface area contributed by atoms with Gasteiger partial charge in [0.15, 0.2) is 0 Å². The Kier molecular flexibility index (Phi) is 4.42. The molecular formula is C11H16O2. The van der Waals surface area contributed by atoms with E-state index in [2.05, 4.69) is 5.92 Å². The Labute approximate surface area is 79.9 Å². The van der Waals surface area contributed by atoms with Crippen LogP contribution < -0.4 is 0 Å². The van der Waals surface area contributed by atoms with Gasteiger partial charge in [-0.05, 0) is 18.9 Å². The maximum absolute atomic E-state index is 5.55. The summed E-state index contributed by atoms with van der Waals surface area (Å²) in [5, 5.41) is 0. The lowest BCUT2D eigenvalue weighted by molar-refractivity contribution is 0.189. The number of hydrogen-bond donors (Lipinski definition) is 0. The van der Waals surface area contributed by atoms with Crippen molar-refractivity contribution < 1.29 is 9.47 Å². The second-order valence-electron chi connectivity index (χ2n) is 3.14. The molecule has 0 atom stereocenters. The minimum Gasteiger partial charge on any atom is -0.497 e. The summed E-state index contributed by atoms with van der Waals surface area (Å²) in [6.07, 6.45) is 10.3. The van der Waals surface area contributed by atoms with E-state index in [1.54, 1.807) is 7.11 Å². The fourth-order valence-electron chi connectivity index (χ4n) is 1.10. The second kappa shape index (κ2) is 5.66. The molecule has 0 aromatic rings. The van der Waals surface area contributed by atoms with Gasteiger partial charge in [0.2, 0.25) is 0 Å². The van der Waals surface area contributed by atoms with E-state index in [1.165, 1.54) is 12.8 Å². The molecule has 0 bridgehead atoms. The number of hydrogen-bond acceptors (Lipinski definition) is 2. The molecule has 0 aromatic heterocycles. The van der Waals surface area contributed by atoms with Gasteiger partial charge in [-0.2, -0.15) is 0 Å². The van der Waals surface area contributed by atoms with Gasteiger partial charge >= 0.3 is 0 Å². The zero-order chi connectivity index (χ0) is 9.52. The number of methoxy groups -OCH3 is 1. The molecule has 0 spiro atoms. The second-order valence-corrected chi connectivity index (χ2v) is 3.14. The lowest BCUT2D eigenvalue weighted by Gasteiger charge is -2.07. The van der Waals surface area contributed by atoms with Crippen molar-refractivity contribution in [2.75, 3.05) is 20.3 Å². The lowest BCUT2D eigenvalue weighted by Crippen LogP contribution is -1.98. The first kappa shape index (κ1) is 10.1. The molecule has 1 saturated carbocycles. The molecule has 2 heteroatoms. The van der Waals surface area contributed by atoms with Gasteiger partial charge in [0.05, 0.1) is 19.0 Å². The third-order valence-corrected chi connectivity index (χ3v) is 1.95. The van der Waals surface area contributed by atoms with Gasteiger partial charge in [-0.3, -0.25) is 0 Å². The molecule has 1 aliphatic rings. The number of rotatable bonds is 6. The van der Waals surface area contributed by atoms with Gasteiger partial charge in [0.25, 0.3) is 0 Å². The lowest BCUT2D eigenvalue weighted by atomic mass is 10.3. The molecule has 0 radical (unpaired) electrons.